The maximum absolute atomic E-state index is 12.0. The van der Waals surface area contributed by atoms with Crippen LogP contribution in [0, 0.1) is 0 Å². The molecular formula is C13H18N2O. The van der Waals surface area contributed by atoms with Gasteiger partial charge in [-0.1, -0.05) is 25.5 Å². The van der Waals surface area contributed by atoms with E-state index in [0.717, 1.165) is 30.5 Å². The molecule has 1 aromatic rings. The number of nitrogens with two attached hydrogens (primary N) is 1. The van der Waals surface area contributed by atoms with Crippen molar-refractivity contribution in [1.82, 2.24) is 4.90 Å². The molecule has 2 N–H and O–H groups in total. The normalized spacial score (nSPS) is 19.8. The molecule has 1 unspecified atom stereocenters. The Balaban J connectivity index is 2.49. The van der Waals surface area contributed by atoms with Crippen LogP contribution in [0.1, 0.15) is 41.6 Å². The van der Waals surface area contributed by atoms with Gasteiger partial charge in [-0.25, -0.2) is 0 Å². The highest BCUT2D eigenvalue weighted by Crippen LogP contribution is 2.33. The minimum absolute atomic E-state index is 0.0560. The van der Waals surface area contributed by atoms with Crippen molar-refractivity contribution in [2.75, 3.05) is 19.3 Å². The summed E-state index contributed by atoms with van der Waals surface area (Å²) in [6.07, 6.45) is 2.23. The monoisotopic (exact) mass is 218 g/mol. The second kappa shape index (κ2) is 4.16. The van der Waals surface area contributed by atoms with Crippen molar-refractivity contribution in [1.29, 1.82) is 0 Å². The van der Waals surface area contributed by atoms with Crippen molar-refractivity contribution >= 4 is 11.6 Å². The van der Waals surface area contributed by atoms with E-state index in [0.29, 0.717) is 11.6 Å². The van der Waals surface area contributed by atoms with Gasteiger partial charge < -0.3 is 10.6 Å². The van der Waals surface area contributed by atoms with E-state index in [2.05, 4.69) is 6.92 Å². The highest BCUT2D eigenvalue weighted by molar-refractivity contribution is 6.01. The van der Waals surface area contributed by atoms with Crippen molar-refractivity contribution in [3.05, 3.63) is 29.3 Å². The number of hydrogen-bond acceptors (Lipinski definition) is 2. The number of benzene rings is 1. The number of anilines is 1. The molecule has 3 heteroatoms. The average molecular weight is 218 g/mol. The molecule has 86 valence electrons. The van der Waals surface area contributed by atoms with Crippen LogP contribution in [0.2, 0.25) is 0 Å². The van der Waals surface area contributed by atoms with Gasteiger partial charge in [0.05, 0.1) is 5.56 Å². The third-order valence-corrected chi connectivity index (χ3v) is 3.26. The summed E-state index contributed by atoms with van der Waals surface area (Å²) < 4.78 is 0. The zero-order valence-electron chi connectivity index (χ0n) is 9.86. The Bertz CT molecular complexity index is 414. The summed E-state index contributed by atoms with van der Waals surface area (Å²) in [6, 6.07) is 5.78. The summed E-state index contributed by atoms with van der Waals surface area (Å²) in [7, 11) is 1.85. The van der Waals surface area contributed by atoms with Gasteiger partial charge in [0.1, 0.15) is 0 Å². The van der Waals surface area contributed by atoms with E-state index in [-0.39, 0.29) is 5.91 Å². The highest BCUT2D eigenvalue weighted by Gasteiger charge is 2.29. The molecule has 0 bridgehead atoms. The van der Waals surface area contributed by atoms with Crippen LogP contribution in [-0.2, 0) is 0 Å². The first-order valence-electron chi connectivity index (χ1n) is 5.79. The summed E-state index contributed by atoms with van der Waals surface area (Å²) >= 11 is 0. The van der Waals surface area contributed by atoms with E-state index in [1.165, 1.54) is 0 Å². The van der Waals surface area contributed by atoms with Crippen LogP contribution in [0.15, 0.2) is 18.2 Å². The van der Waals surface area contributed by atoms with Crippen molar-refractivity contribution in [3.63, 3.8) is 0 Å². The first-order valence-corrected chi connectivity index (χ1v) is 5.79. The third-order valence-electron chi connectivity index (χ3n) is 3.26. The van der Waals surface area contributed by atoms with E-state index in [1.807, 2.05) is 19.2 Å². The van der Waals surface area contributed by atoms with Gasteiger partial charge >= 0.3 is 0 Å². The summed E-state index contributed by atoms with van der Waals surface area (Å²) in [6.45, 7) is 2.98. The predicted octanol–water partition coefficient (Wildman–Crippen LogP) is 2.24. The molecule has 0 aromatic heterocycles. The topological polar surface area (TPSA) is 46.3 Å². The molecule has 1 aromatic carbocycles. The molecule has 16 heavy (non-hydrogen) atoms. The number of likely N-dealkylation sites (N-methyl/N-ethyl adjacent to an activating group) is 1. The quantitative estimate of drug-likeness (QED) is 0.774. The van der Waals surface area contributed by atoms with Gasteiger partial charge in [0.2, 0.25) is 0 Å². The minimum Gasteiger partial charge on any atom is -0.398 e. The lowest BCUT2D eigenvalue weighted by atomic mass is 9.86. The molecule has 3 nitrogen and oxygen atoms in total. The lowest BCUT2D eigenvalue weighted by molar-refractivity contribution is 0.0764. The number of nitrogen functional groups attached to an aromatic ring is 1. The fourth-order valence-corrected chi connectivity index (χ4v) is 2.47. The molecule has 1 aliphatic rings. The Hall–Kier alpha value is -1.51. The number of nitrogens with zero attached hydrogens (tertiary/aromatic N) is 1. The van der Waals surface area contributed by atoms with Crippen LogP contribution in [0.3, 0.4) is 0 Å². The van der Waals surface area contributed by atoms with Gasteiger partial charge in [-0.05, 0) is 18.1 Å². The highest BCUT2D eigenvalue weighted by atomic mass is 16.2. The summed E-state index contributed by atoms with van der Waals surface area (Å²) in [5.41, 5.74) is 8.36. The number of rotatable bonds is 2. The molecule has 1 aliphatic heterocycles. The largest absolute Gasteiger partial charge is 0.398 e. The molecule has 1 atom stereocenters. The zero-order chi connectivity index (χ0) is 11.7. The standard InChI is InChI=1S/C13H18N2O/c1-3-5-9-8-15(2)13(16)12-10(9)6-4-7-11(12)14/h4,6-7,9H,3,5,8,14H2,1-2H3. The van der Waals surface area contributed by atoms with Crippen LogP contribution in [0.4, 0.5) is 5.69 Å². The predicted molar refractivity (Wildman–Crippen MR) is 65.5 cm³/mol. The molecule has 0 saturated carbocycles. The second-order valence-corrected chi connectivity index (χ2v) is 4.48. The van der Waals surface area contributed by atoms with E-state index >= 15 is 0 Å². The SMILES string of the molecule is CCCC1CN(C)C(=O)c2c(N)cccc21. The molecule has 0 spiro atoms. The molecule has 2 rings (SSSR count). The average Bonchev–Trinajstić information content (AvgIpc) is 2.25. The van der Waals surface area contributed by atoms with E-state index in [4.69, 9.17) is 5.73 Å². The van der Waals surface area contributed by atoms with E-state index < -0.39 is 0 Å². The fraction of sp³-hybridized carbons (Fsp3) is 0.462. The number of carbonyl (C=O) groups excluding carboxylic acids is 1. The summed E-state index contributed by atoms with van der Waals surface area (Å²) in [4.78, 5) is 13.8. The molecular weight excluding hydrogens is 200 g/mol. The lowest BCUT2D eigenvalue weighted by Gasteiger charge is -2.32. The Labute approximate surface area is 96.2 Å². The molecule has 0 radical (unpaired) electrons. The number of fused-ring (bicyclic) bond motifs is 1. The van der Waals surface area contributed by atoms with Crippen LogP contribution >= 0.6 is 0 Å². The van der Waals surface area contributed by atoms with Crippen LogP contribution in [0.5, 0.6) is 0 Å². The second-order valence-electron chi connectivity index (χ2n) is 4.48. The Morgan fingerprint density at radius 2 is 2.25 bits per heavy atom. The number of hydrogen-bond donors (Lipinski definition) is 1. The Morgan fingerprint density at radius 3 is 2.94 bits per heavy atom. The van der Waals surface area contributed by atoms with Crippen molar-refractivity contribution in [3.8, 4) is 0 Å². The van der Waals surface area contributed by atoms with Crippen molar-refractivity contribution in [2.24, 2.45) is 0 Å². The molecule has 0 aliphatic carbocycles. The Morgan fingerprint density at radius 1 is 1.50 bits per heavy atom. The van der Waals surface area contributed by atoms with Gasteiger partial charge in [-0.15, -0.1) is 0 Å². The van der Waals surface area contributed by atoms with Gasteiger partial charge in [0.25, 0.3) is 5.91 Å². The first kappa shape index (κ1) is 11.0. The van der Waals surface area contributed by atoms with E-state index in [9.17, 15) is 4.79 Å². The minimum atomic E-state index is 0.0560. The number of carbonyl (C=O) groups is 1. The van der Waals surface area contributed by atoms with Gasteiger partial charge in [-0.2, -0.15) is 0 Å². The van der Waals surface area contributed by atoms with Gasteiger partial charge in [0, 0.05) is 25.2 Å². The summed E-state index contributed by atoms with van der Waals surface area (Å²) in [5.74, 6) is 0.492. The first-order chi connectivity index (χ1) is 7.65. The lowest BCUT2D eigenvalue weighted by Crippen LogP contribution is -2.37. The van der Waals surface area contributed by atoms with Gasteiger partial charge in [-0.3, -0.25) is 4.79 Å². The molecule has 1 heterocycles. The Kier molecular flexibility index (Phi) is 2.86. The number of amides is 1. The van der Waals surface area contributed by atoms with Crippen molar-refractivity contribution < 1.29 is 4.79 Å². The maximum Gasteiger partial charge on any atom is 0.255 e. The molecule has 0 saturated heterocycles. The van der Waals surface area contributed by atoms with Crippen LogP contribution in [0.25, 0.3) is 0 Å². The van der Waals surface area contributed by atoms with Crippen LogP contribution in [-0.4, -0.2) is 24.4 Å². The van der Waals surface area contributed by atoms with Crippen LogP contribution < -0.4 is 5.73 Å². The fourth-order valence-electron chi connectivity index (χ4n) is 2.47. The zero-order valence-corrected chi connectivity index (χ0v) is 9.86. The van der Waals surface area contributed by atoms with Gasteiger partial charge in [0.15, 0.2) is 0 Å². The molecule has 1 amide bonds. The third kappa shape index (κ3) is 1.66. The maximum atomic E-state index is 12.0. The van der Waals surface area contributed by atoms with Crippen molar-refractivity contribution in [2.45, 2.75) is 25.7 Å². The smallest absolute Gasteiger partial charge is 0.255 e. The molecule has 0 fully saturated rings. The van der Waals surface area contributed by atoms with E-state index in [1.54, 1.807) is 11.0 Å². The summed E-state index contributed by atoms with van der Waals surface area (Å²) in [5, 5.41) is 0.